The fourth-order valence-electron chi connectivity index (χ4n) is 0.625. The van der Waals surface area contributed by atoms with Crippen LogP contribution in [0, 0.1) is 6.92 Å². The van der Waals surface area contributed by atoms with Gasteiger partial charge in [0, 0.05) is 23.4 Å². The van der Waals surface area contributed by atoms with Crippen molar-refractivity contribution < 1.29 is 0 Å². The van der Waals surface area contributed by atoms with E-state index in [1.54, 1.807) is 0 Å². The molecule has 1 heterocycles. The van der Waals surface area contributed by atoms with Crippen molar-refractivity contribution in [2.75, 3.05) is 0 Å². The molecule has 0 atom stereocenters. The summed E-state index contributed by atoms with van der Waals surface area (Å²) in [6, 6.07) is 2.08. The Balaban J connectivity index is 3.14. The predicted octanol–water partition coefficient (Wildman–Crippen LogP) is 2.10. The zero-order valence-electron chi connectivity index (χ0n) is 4.98. The smallest absolute Gasteiger partial charge is 0.0354 e. The quantitative estimate of drug-likeness (QED) is 0.567. The molecule has 0 N–H and O–H groups in total. The van der Waals surface area contributed by atoms with E-state index in [-0.39, 0.29) is 0 Å². The Kier molecular flexibility index (Phi) is 1.43. The van der Waals surface area contributed by atoms with Gasteiger partial charge in [-0.15, -0.1) is 0 Å². The summed E-state index contributed by atoms with van der Waals surface area (Å²) < 4.78 is 3.22. The summed E-state index contributed by atoms with van der Waals surface area (Å²) in [4.78, 5) is 0. The van der Waals surface area contributed by atoms with E-state index < -0.39 is 0 Å². The molecule has 0 aromatic carbocycles. The van der Waals surface area contributed by atoms with E-state index in [2.05, 4.69) is 33.5 Å². The SMILES string of the molecule is Cc1cc(Br)cn1C. The van der Waals surface area contributed by atoms with Crippen molar-refractivity contribution in [2.24, 2.45) is 7.05 Å². The van der Waals surface area contributed by atoms with Crippen molar-refractivity contribution in [1.82, 2.24) is 4.57 Å². The van der Waals surface area contributed by atoms with Gasteiger partial charge in [0.1, 0.15) is 0 Å². The van der Waals surface area contributed by atoms with Crippen molar-refractivity contribution in [1.29, 1.82) is 0 Å². The van der Waals surface area contributed by atoms with Crippen molar-refractivity contribution >= 4 is 15.9 Å². The molecular weight excluding hydrogens is 166 g/mol. The first kappa shape index (κ1) is 5.89. The number of nitrogens with zero attached hydrogens (tertiary/aromatic N) is 1. The van der Waals surface area contributed by atoms with E-state index in [9.17, 15) is 0 Å². The predicted molar refractivity (Wildman–Crippen MR) is 37.9 cm³/mol. The largest absolute Gasteiger partial charge is 0.354 e. The van der Waals surface area contributed by atoms with Crippen molar-refractivity contribution in [3.8, 4) is 0 Å². The van der Waals surface area contributed by atoms with E-state index in [0.717, 1.165) is 4.47 Å². The summed E-state index contributed by atoms with van der Waals surface area (Å²) >= 11 is 3.36. The molecule has 8 heavy (non-hydrogen) atoms. The maximum Gasteiger partial charge on any atom is 0.0354 e. The van der Waals surface area contributed by atoms with Crippen molar-refractivity contribution in [3.05, 3.63) is 22.4 Å². The lowest BCUT2D eigenvalue weighted by Crippen LogP contribution is -1.84. The molecule has 0 saturated heterocycles. The Morgan fingerprint density at radius 1 is 1.62 bits per heavy atom. The molecule has 0 bridgehead atoms. The fraction of sp³-hybridized carbons (Fsp3) is 0.333. The molecule has 1 rings (SSSR count). The van der Waals surface area contributed by atoms with Crippen LogP contribution in [0.3, 0.4) is 0 Å². The topological polar surface area (TPSA) is 4.93 Å². The average molecular weight is 174 g/mol. The number of aromatic nitrogens is 1. The van der Waals surface area contributed by atoms with Crippen LogP contribution in [0.2, 0.25) is 0 Å². The van der Waals surface area contributed by atoms with Gasteiger partial charge in [0.2, 0.25) is 0 Å². The highest BCUT2D eigenvalue weighted by molar-refractivity contribution is 9.10. The minimum Gasteiger partial charge on any atom is -0.354 e. The van der Waals surface area contributed by atoms with E-state index >= 15 is 0 Å². The first-order chi connectivity index (χ1) is 3.70. The zero-order chi connectivity index (χ0) is 6.15. The van der Waals surface area contributed by atoms with Gasteiger partial charge in [-0.05, 0) is 28.9 Å². The second kappa shape index (κ2) is 1.94. The molecule has 44 valence electrons. The summed E-state index contributed by atoms with van der Waals surface area (Å²) in [5.74, 6) is 0. The third kappa shape index (κ3) is 0.944. The highest BCUT2D eigenvalue weighted by Gasteiger charge is 1.91. The highest BCUT2D eigenvalue weighted by atomic mass is 79.9. The summed E-state index contributed by atoms with van der Waals surface area (Å²) in [7, 11) is 2.03. The molecule has 0 unspecified atom stereocenters. The Bertz CT molecular complexity index is 171. The van der Waals surface area contributed by atoms with Crippen LogP contribution in [0.5, 0.6) is 0 Å². The summed E-state index contributed by atoms with van der Waals surface area (Å²) in [5, 5.41) is 0. The normalized spacial score (nSPS) is 9.88. The molecule has 1 aromatic rings. The second-order valence-electron chi connectivity index (χ2n) is 1.91. The summed E-state index contributed by atoms with van der Waals surface area (Å²) in [6.07, 6.45) is 2.04. The van der Waals surface area contributed by atoms with Gasteiger partial charge in [-0.25, -0.2) is 0 Å². The fourth-order valence-corrected chi connectivity index (χ4v) is 1.26. The molecule has 1 nitrogen and oxygen atoms in total. The van der Waals surface area contributed by atoms with Crippen LogP contribution in [-0.4, -0.2) is 4.57 Å². The van der Waals surface area contributed by atoms with Crippen LogP contribution < -0.4 is 0 Å². The monoisotopic (exact) mass is 173 g/mol. The standard InChI is InChI=1S/C6H8BrN/c1-5-3-6(7)4-8(5)2/h3-4H,1-2H3. The maximum atomic E-state index is 3.36. The van der Waals surface area contributed by atoms with E-state index in [4.69, 9.17) is 0 Å². The van der Waals surface area contributed by atoms with Gasteiger partial charge in [0.15, 0.2) is 0 Å². The molecule has 0 spiro atoms. The Labute approximate surface area is 57.4 Å². The maximum absolute atomic E-state index is 3.36. The molecule has 0 aliphatic rings. The molecule has 0 radical (unpaired) electrons. The molecule has 0 fully saturated rings. The number of hydrogen-bond acceptors (Lipinski definition) is 0. The molecule has 0 aliphatic heterocycles. The molecule has 2 heteroatoms. The molecule has 1 aromatic heterocycles. The van der Waals surface area contributed by atoms with Crippen LogP contribution in [0.25, 0.3) is 0 Å². The molecular formula is C6H8BrN. The number of halogens is 1. The average Bonchev–Trinajstić information content (AvgIpc) is 1.85. The minimum absolute atomic E-state index is 1.15. The van der Waals surface area contributed by atoms with E-state index in [1.807, 2.05) is 13.2 Å². The third-order valence-electron chi connectivity index (χ3n) is 1.22. The second-order valence-corrected chi connectivity index (χ2v) is 2.83. The lowest BCUT2D eigenvalue weighted by molar-refractivity contribution is 0.881. The molecule has 0 aliphatic carbocycles. The van der Waals surface area contributed by atoms with Crippen LogP contribution in [0.1, 0.15) is 5.69 Å². The van der Waals surface area contributed by atoms with Gasteiger partial charge in [-0.1, -0.05) is 0 Å². The Morgan fingerprint density at radius 2 is 2.25 bits per heavy atom. The van der Waals surface area contributed by atoms with Crippen LogP contribution in [0.15, 0.2) is 16.7 Å². The summed E-state index contributed by atoms with van der Waals surface area (Å²) in [5.41, 5.74) is 1.27. The van der Waals surface area contributed by atoms with Gasteiger partial charge in [-0.2, -0.15) is 0 Å². The van der Waals surface area contributed by atoms with Gasteiger partial charge in [0.25, 0.3) is 0 Å². The first-order valence-electron chi connectivity index (χ1n) is 2.48. The van der Waals surface area contributed by atoms with Crippen LogP contribution in [-0.2, 0) is 7.05 Å². The van der Waals surface area contributed by atoms with Gasteiger partial charge < -0.3 is 4.57 Å². The lowest BCUT2D eigenvalue weighted by atomic mass is 10.5. The number of aryl methyl sites for hydroxylation is 2. The Morgan fingerprint density at radius 3 is 2.38 bits per heavy atom. The Hall–Kier alpha value is -0.240. The first-order valence-corrected chi connectivity index (χ1v) is 3.28. The highest BCUT2D eigenvalue weighted by Crippen LogP contribution is 2.11. The number of rotatable bonds is 0. The van der Waals surface area contributed by atoms with E-state index in [1.165, 1.54) is 5.69 Å². The number of hydrogen-bond donors (Lipinski definition) is 0. The van der Waals surface area contributed by atoms with Crippen molar-refractivity contribution in [3.63, 3.8) is 0 Å². The van der Waals surface area contributed by atoms with E-state index in [0.29, 0.717) is 0 Å². The van der Waals surface area contributed by atoms with Crippen LogP contribution in [0.4, 0.5) is 0 Å². The summed E-state index contributed by atoms with van der Waals surface area (Å²) in [6.45, 7) is 2.07. The minimum atomic E-state index is 1.15. The molecule has 0 amide bonds. The zero-order valence-corrected chi connectivity index (χ0v) is 6.57. The van der Waals surface area contributed by atoms with Gasteiger partial charge in [0.05, 0.1) is 0 Å². The third-order valence-corrected chi connectivity index (χ3v) is 1.65. The lowest BCUT2D eigenvalue weighted by Gasteiger charge is -1.89. The van der Waals surface area contributed by atoms with Gasteiger partial charge >= 0.3 is 0 Å². The van der Waals surface area contributed by atoms with Crippen LogP contribution >= 0.6 is 15.9 Å². The van der Waals surface area contributed by atoms with Gasteiger partial charge in [-0.3, -0.25) is 0 Å². The molecule has 0 saturated carbocycles. The van der Waals surface area contributed by atoms with Crippen molar-refractivity contribution in [2.45, 2.75) is 6.92 Å².